The summed E-state index contributed by atoms with van der Waals surface area (Å²) in [5.74, 6) is 0. The molecule has 0 saturated heterocycles. The molecule has 0 bridgehead atoms. The summed E-state index contributed by atoms with van der Waals surface area (Å²) < 4.78 is 7.74. The maximum Gasteiger partial charge on any atom is 0.252 e. The van der Waals surface area contributed by atoms with Gasteiger partial charge in [-0.1, -0.05) is 324 Å². The predicted molar refractivity (Wildman–Crippen MR) is 504 cm³/mol. The van der Waals surface area contributed by atoms with Crippen LogP contribution in [0.15, 0.2) is 255 Å². The third kappa shape index (κ3) is 12.8. The number of fused-ring (bicyclic) bond motifs is 13. The zero-order valence-electron chi connectivity index (χ0n) is 73.1. The summed E-state index contributed by atoms with van der Waals surface area (Å²) in [5.41, 5.74) is 35.8. The van der Waals surface area contributed by atoms with Gasteiger partial charge in [0.25, 0.3) is 6.71 Å². The van der Waals surface area contributed by atoms with Crippen molar-refractivity contribution in [2.24, 2.45) is 0 Å². The lowest BCUT2D eigenvalue weighted by Gasteiger charge is -2.44. The zero-order valence-corrected chi connectivity index (χ0v) is 73.1. The average molecular weight is 1520 g/mol. The fourth-order valence-electron chi connectivity index (χ4n) is 18.5. The first-order chi connectivity index (χ1) is 54.5. The topological polar surface area (TPSA) is 21.3 Å². The molecule has 16 aromatic rings. The highest BCUT2D eigenvalue weighted by atomic mass is 15.2. The van der Waals surface area contributed by atoms with Gasteiger partial charge in [0, 0.05) is 77.8 Å². The van der Waals surface area contributed by atoms with Crippen LogP contribution in [0, 0.1) is 0 Å². The third-order valence-electron chi connectivity index (χ3n) is 25.6. The molecule has 0 spiro atoms. The number of aromatic nitrogens is 3. The molecular weight excluding hydrogens is 1400 g/mol. The van der Waals surface area contributed by atoms with Crippen LogP contribution in [0.3, 0.4) is 0 Å². The molecule has 2 aliphatic rings. The number of hydrogen-bond acceptors (Lipinski definition) is 2. The lowest BCUT2D eigenvalue weighted by molar-refractivity contribution is 0.568. The van der Waals surface area contributed by atoms with Gasteiger partial charge in [0.15, 0.2) is 0 Å². The molecule has 13 aromatic carbocycles. The lowest BCUT2D eigenvalue weighted by Crippen LogP contribution is -2.61. The van der Waals surface area contributed by atoms with Crippen molar-refractivity contribution in [3.63, 3.8) is 0 Å². The summed E-state index contributed by atoms with van der Waals surface area (Å²) in [7, 11) is 0. The van der Waals surface area contributed by atoms with E-state index in [4.69, 9.17) is 0 Å². The summed E-state index contributed by atoms with van der Waals surface area (Å²) >= 11 is 0. The van der Waals surface area contributed by atoms with Crippen LogP contribution in [0.4, 0.5) is 34.1 Å². The van der Waals surface area contributed by atoms with Gasteiger partial charge < -0.3 is 23.5 Å². The molecule has 2 aliphatic heterocycles. The van der Waals surface area contributed by atoms with E-state index in [0.29, 0.717) is 0 Å². The van der Waals surface area contributed by atoms with Crippen LogP contribution in [0.1, 0.15) is 211 Å². The highest BCUT2D eigenvalue weighted by Gasteiger charge is 2.45. The Labute approximate surface area is 689 Å². The first-order valence-electron chi connectivity index (χ1n) is 42.3. The molecule has 5 heterocycles. The van der Waals surface area contributed by atoms with Gasteiger partial charge in [-0.05, 0) is 224 Å². The van der Waals surface area contributed by atoms with E-state index in [9.17, 15) is 0 Å². The standard InChI is InChI=1S/C110H114BN5/c1-103(2,3)71-37-47-86-87-48-38-72(104(4,5)6)60-95(87)114(94(86)59-71)81-45-51-90-98(63-81)112(79-41-33-67(34-42-79)69-53-75(107(13,14)15)57-76(54-69)108(16,17)18)100-65-83(116-92-31-27-25-29-84(92)85-30-26-28-32-93(85)116)66-101-102(100)111(90)91-52-46-82(115-96-61-73(105(7,8)9)39-49-88(96)89-50-40-74(62-97(89)115)106(10,11)12)64-99(91)113(101)80-43-35-68(36-44-80)70-55-77(109(19,20)21)58-78(56-70)110(22,23)24/h25-66H,1-24H3. The van der Waals surface area contributed by atoms with Gasteiger partial charge in [0.2, 0.25) is 0 Å². The Morgan fingerprint density at radius 1 is 0.190 bits per heavy atom. The molecule has 3 aromatic heterocycles. The summed E-state index contributed by atoms with van der Waals surface area (Å²) in [4.78, 5) is 5.31. The van der Waals surface area contributed by atoms with Crippen LogP contribution in [0.2, 0.25) is 0 Å². The Balaban J connectivity index is 0.975. The van der Waals surface area contributed by atoms with E-state index < -0.39 is 0 Å². The minimum Gasteiger partial charge on any atom is -0.311 e. The zero-order chi connectivity index (χ0) is 81.9. The van der Waals surface area contributed by atoms with Gasteiger partial charge in [-0.2, -0.15) is 0 Å². The predicted octanol–water partition coefficient (Wildman–Crippen LogP) is 28.8. The number of rotatable bonds is 7. The van der Waals surface area contributed by atoms with Crippen LogP contribution >= 0.6 is 0 Å². The molecular formula is C110H114BN5. The van der Waals surface area contributed by atoms with Crippen LogP contribution in [-0.2, 0) is 43.3 Å². The van der Waals surface area contributed by atoms with E-state index in [1.165, 1.54) is 138 Å². The first kappa shape index (κ1) is 76.2. The molecule has 18 rings (SSSR count). The quantitative estimate of drug-likeness (QED) is 0.148. The van der Waals surface area contributed by atoms with E-state index >= 15 is 0 Å². The second kappa shape index (κ2) is 26.2. The number of benzene rings is 13. The van der Waals surface area contributed by atoms with Crippen molar-refractivity contribution >= 4 is 123 Å². The van der Waals surface area contributed by atoms with E-state index in [-0.39, 0.29) is 50.0 Å². The molecule has 6 heteroatoms. The highest BCUT2D eigenvalue weighted by Crippen LogP contribution is 2.51. The van der Waals surface area contributed by atoms with Crippen molar-refractivity contribution in [2.45, 2.75) is 209 Å². The SMILES string of the molecule is CC(C)(C)c1cc(-c2ccc(N3c4cc(-n5c6cc(C(C)(C)C)ccc6c6ccc(C(C)(C)C)cc65)ccc4B4c5ccc(-n6c7cc(C(C)(C)C)ccc7c7ccc(C(C)(C)C)cc76)cc5N(c5ccc(-c6cc(C(C)(C)C)cc(C(C)(C)C)c6)cc5)c5cc(-n6c7ccccc7c7ccccc76)cc3c54)cc2)cc(C(C)(C)C)c1. The van der Waals surface area contributed by atoms with Crippen LogP contribution in [0.5, 0.6) is 0 Å². The Hall–Kier alpha value is -11.1. The molecule has 0 atom stereocenters. The Morgan fingerprint density at radius 2 is 0.448 bits per heavy atom. The second-order valence-corrected chi connectivity index (χ2v) is 42.1. The molecule has 0 fully saturated rings. The molecule has 0 aliphatic carbocycles. The van der Waals surface area contributed by atoms with Crippen molar-refractivity contribution in [2.75, 3.05) is 9.80 Å². The highest BCUT2D eigenvalue weighted by molar-refractivity contribution is 7.00. The summed E-state index contributed by atoms with van der Waals surface area (Å²) in [6, 6.07) is 101. The van der Waals surface area contributed by atoms with Crippen molar-refractivity contribution < 1.29 is 0 Å². The van der Waals surface area contributed by atoms with Gasteiger partial charge in [-0.25, -0.2) is 0 Å². The largest absolute Gasteiger partial charge is 0.311 e. The maximum absolute atomic E-state index is 2.66. The number of nitrogens with zero attached hydrogens (tertiary/aromatic N) is 5. The molecule has 5 nitrogen and oxygen atoms in total. The minimum absolute atomic E-state index is 0.0527. The van der Waals surface area contributed by atoms with Gasteiger partial charge in [0.05, 0.1) is 38.8 Å². The molecule has 0 N–H and O–H groups in total. The average Bonchev–Trinajstić information content (AvgIpc) is 0.909. The molecule has 582 valence electrons. The number of anilines is 6. The fraction of sp³-hybridized carbons (Fsp3) is 0.291. The van der Waals surface area contributed by atoms with Gasteiger partial charge in [-0.15, -0.1) is 0 Å². The third-order valence-corrected chi connectivity index (χ3v) is 25.6. The van der Waals surface area contributed by atoms with E-state index in [0.717, 1.165) is 62.2 Å². The van der Waals surface area contributed by atoms with Crippen molar-refractivity contribution in [3.8, 4) is 39.3 Å². The van der Waals surface area contributed by atoms with E-state index in [1.807, 2.05) is 0 Å². The van der Waals surface area contributed by atoms with Crippen molar-refractivity contribution in [3.05, 3.63) is 299 Å². The van der Waals surface area contributed by atoms with Gasteiger partial charge in [0.1, 0.15) is 0 Å². The molecule has 0 radical (unpaired) electrons. The molecule has 0 unspecified atom stereocenters. The lowest BCUT2D eigenvalue weighted by atomic mass is 9.33. The Bertz CT molecular complexity index is 6100. The maximum atomic E-state index is 2.66. The molecule has 0 saturated carbocycles. The van der Waals surface area contributed by atoms with Gasteiger partial charge >= 0.3 is 0 Å². The number of para-hydroxylation sites is 2. The van der Waals surface area contributed by atoms with Gasteiger partial charge in [-0.3, -0.25) is 0 Å². The summed E-state index contributed by atoms with van der Waals surface area (Å²) in [6.45, 7) is 56.0. The van der Waals surface area contributed by atoms with Crippen LogP contribution in [-0.4, -0.2) is 20.4 Å². The monoisotopic (exact) mass is 1520 g/mol. The Morgan fingerprint density at radius 3 is 0.741 bits per heavy atom. The number of hydrogen-bond donors (Lipinski definition) is 0. The summed E-state index contributed by atoms with van der Waals surface area (Å²) in [6.07, 6.45) is 0. The first-order valence-corrected chi connectivity index (χ1v) is 42.3. The second-order valence-electron chi connectivity index (χ2n) is 42.1. The van der Waals surface area contributed by atoms with Crippen molar-refractivity contribution in [1.29, 1.82) is 0 Å². The smallest absolute Gasteiger partial charge is 0.252 e. The van der Waals surface area contributed by atoms with E-state index in [2.05, 4.69) is 444 Å². The van der Waals surface area contributed by atoms with E-state index in [1.54, 1.807) is 0 Å². The normalized spacial score (nSPS) is 13.8. The minimum atomic E-state index is -0.227. The van der Waals surface area contributed by atoms with Crippen LogP contribution in [0.25, 0.3) is 105 Å². The summed E-state index contributed by atoms with van der Waals surface area (Å²) in [5, 5.41) is 7.44. The van der Waals surface area contributed by atoms with Crippen molar-refractivity contribution in [1.82, 2.24) is 13.7 Å². The fourth-order valence-corrected chi connectivity index (χ4v) is 18.5. The molecule has 0 amide bonds. The Kier molecular flexibility index (Phi) is 17.2. The van der Waals surface area contributed by atoms with Crippen LogP contribution < -0.4 is 26.2 Å². The molecule has 116 heavy (non-hydrogen) atoms.